The van der Waals surface area contributed by atoms with Crippen LogP contribution < -0.4 is 5.32 Å². The monoisotopic (exact) mass is 205 g/mol. The molecule has 15 heavy (non-hydrogen) atoms. The van der Waals surface area contributed by atoms with Crippen LogP contribution in [0.15, 0.2) is 0 Å². The third kappa shape index (κ3) is 3.22. The van der Waals surface area contributed by atoms with E-state index in [0.717, 1.165) is 31.6 Å². The Bertz CT molecular complexity index is 224. The molecule has 4 heteroatoms. The minimum atomic E-state index is 0.351. The van der Waals surface area contributed by atoms with Gasteiger partial charge in [0.1, 0.15) is 0 Å². The number of piperazine rings is 1. The first-order valence-corrected chi connectivity index (χ1v) is 6.21. The zero-order chi connectivity index (χ0) is 10.5. The highest BCUT2D eigenvalue weighted by Crippen LogP contribution is 2.25. The van der Waals surface area contributed by atoms with Gasteiger partial charge in [0, 0.05) is 38.7 Å². The molecular weight excluding hydrogens is 185 g/mol. The van der Waals surface area contributed by atoms with Crippen molar-refractivity contribution in [2.75, 3.05) is 32.7 Å². The molecule has 0 spiro atoms. The number of hydrogen-bond donors (Lipinski definition) is 1. The molecule has 2 fully saturated rings. The van der Waals surface area contributed by atoms with Gasteiger partial charge in [0.15, 0.2) is 0 Å². The van der Waals surface area contributed by atoms with Crippen molar-refractivity contribution in [3.63, 3.8) is 0 Å². The lowest BCUT2D eigenvalue weighted by Gasteiger charge is -2.32. The van der Waals surface area contributed by atoms with Crippen LogP contribution in [0, 0.1) is 17.1 Å². The lowest BCUT2D eigenvalue weighted by atomic mass is 9.42. The number of nitrogens with one attached hydrogen (secondary N) is 1. The summed E-state index contributed by atoms with van der Waals surface area (Å²) in [6.45, 7) is 6.32. The minimum Gasteiger partial charge on any atom is -0.314 e. The predicted molar refractivity (Wildman–Crippen MR) is 63.0 cm³/mol. The van der Waals surface area contributed by atoms with E-state index in [0.29, 0.717) is 6.71 Å². The molecule has 0 amide bonds. The second kappa shape index (κ2) is 5.53. The summed E-state index contributed by atoms with van der Waals surface area (Å²) >= 11 is 0. The lowest BCUT2D eigenvalue weighted by Crippen LogP contribution is -2.45. The Hall–Kier alpha value is -0.525. The van der Waals surface area contributed by atoms with Crippen molar-refractivity contribution in [1.82, 2.24) is 10.2 Å². The van der Waals surface area contributed by atoms with Crippen molar-refractivity contribution in [3.8, 4) is 5.97 Å². The third-order valence-electron chi connectivity index (χ3n) is 3.76. The molecule has 0 aromatic heterocycles. The molecule has 0 aromatic rings. The van der Waals surface area contributed by atoms with Gasteiger partial charge < -0.3 is 10.2 Å². The van der Waals surface area contributed by atoms with Gasteiger partial charge in [0.05, 0.1) is 0 Å². The number of nitrogens with zero attached hydrogens (tertiary/aromatic N) is 2. The largest absolute Gasteiger partial charge is 0.314 e. The second-order valence-corrected chi connectivity index (χ2v) is 4.90. The van der Waals surface area contributed by atoms with Crippen LogP contribution in [0.2, 0.25) is 12.6 Å². The van der Waals surface area contributed by atoms with E-state index in [9.17, 15) is 0 Å². The van der Waals surface area contributed by atoms with E-state index in [1.807, 2.05) is 0 Å². The van der Waals surface area contributed by atoms with E-state index < -0.39 is 0 Å². The Morgan fingerprint density at radius 1 is 1.27 bits per heavy atom. The maximum atomic E-state index is 8.83. The topological polar surface area (TPSA) is 39.1 Å². The molecule has 0 aromatic carbocycles. The first kappa shape index (κ1) is 11.0. The minimum absolute atomic E-state index is 0.351. The Morgan fingerprint density at radius 3 is 2.53 bits per heavy atom. The normalized spacial score (nSPS) is 25.1. The molecule has 2 heterocycles. The summed E-state index contributed by atoms with van der Waals surface area (Å²) in [6, 6.07) is 0. The summed E-state index contributed by atoms with van der Waals surface area (Å²) in [5.41, 5.74) is 0. The van der Waals surface area contributed by atoms with E-state index in [-0.39, 0.29) is 0 Å². The molecule has 2 aliphatic rings. The first-order chi connectivity index (χ1) is 7.38. The number of hydrogen-bond acceptors (Lipinski definition) is 3. The molecule has 82 valence electrons. The molecule has 2 rings (SSSR count). The maximum absolute atomic E-state index is 8.83. The summed E-state index contributed by atoms with van der Waals surface area (Å²) in [5.74, 6) is 3.26. The van der Waals surface area contributed by atoms with Gasteiger partial charge in [0.25, 0.3) is 6.71 Å². The van der Waals surface area contributed by atoms with Crippen LogP contribution in [0.4, 0.5) is 0 Å². The fourth-order valence-corrected chi connectivity index (χ4v) is 2.73. The molecule has 0 saturated carbocycles. The SMILES string of the molecule is N#CB1CCC(CN2CCNCC2)CC1. The fourth-order valence-electron chi connectivity index (χ4n) is 2.73. The second-order valence-electron chi connectivity index (χ2n) is 4.90. The van der Waals surface area contributed by atoms with Crippen molar-refractivity contribution in [3.05, 3.63) is 0 Å². The van der Waals surface area contributed by atoms with Crippen LogP contribution in [0.25, 0.3) is 0 Å². The molecule has 2 saturated heterocycles. The number of nitriles is 1. The lowest BCUT2D eigenvalue weighted by molar-refractivity contribution is 0.198. The fraction of sp³-hybridized carbons (Fsp3) is 0.909. The van der Waals surface area contributed by atoms with Crippen LogP contribution in [0.3, 0.4) is 0 Å². The predicted octanol–water partition coefficient (Wildman–Crippen LogP) is 0.859. The van der Waals surface area contributed by atoms with Gasteiger partial charge in [0.2, 0.25) is 0 Å². The quantitative estimate of drug-likeness (QED) is 0.679. The molecule has 0 bridgehead atoms. The Labute approximate surface area is 92.9 Å². The molecule has 0 atom stereocenters. The highest BCUT2D eigenvalue weighted by Gasteiger charge is 2.25. The zero-order valence-electron chi connectivity index (χ0n) is 9.41. The summed E-state index contributed by atoms with van der Waals surface area (Å²) in [7, 11) is 0. The van der Waals surface area contributed by atoms with Crippen molar-refractivity contribution in [2.45, 2.75) is 25.5 Å². The van der Waals surface area contributed by atoms with E-state index in [1.165, 1.54) is 32.5 Å². The average molecular weight is 205 g/mol. The summed E-state index contributed by atoms with van der Waals surface area (Å²) in [4.78, 5) is 2.58. The average Bonchev–Trinajstić information content (AvgIpc) is 2.31. The Kier molecular flexibility index (Phi) is 4.05. The Morgan fingerprint density at radius 2 is 1.93 bits per heavy atom. The highest BCUT2D eigenvalue weighted by atomic mass is 15.2. The summed E-state index contributed by atoms with van der Waals surface area (Å²) < 4.78 is 0. The molecule has 3 nitrogen and oxygen atoms in total. The Balaban J connectivity index is 1.69. The molecule has 0 aliphatic carbocycles. The van der Waals surface area contributed by atoms with Gasteiger partial charge >= 0.3 is 0 Å². The standard InChI is InChI=1S/C11H20BN3/c13-10-12-3-1-11(2-4-12)9-15-7-5-14-6-8-15/h11,14H,1-9H2. The van der Waals surface area contributed by atoms with Crippen molar-refractivity contribution in [2.24, 2.45) is 5.92 Å². The van der Waals surface area contributed by atoms with Gasteiger partial charge in [-0.15, -0.1) is 0 Å². The summed E-state index contributed by atoms with van der Waals surface area (Å²) in [5, 5.41) is 12.2. The van der Waals surface area contributed by atoms with Crippen molar-refractivity contribution in [1.29, 1.82) is 5.26 Å². The van der Waals surface area contributed by atoms with Gasteiger partial charge in [-0.3, -0.25) is 0 Å². The number of rotatable bonds is 2. The van der Waals surface area contributed by atoms with E-state index >= 15 is 0 Å². The maximum Gasteiger partial charge on any atom is 0.267 e. The van der Waals surface area contributed by atoms with Gasteiger partial charge in [-0.25, -0.2) is 5.26 Å². The third-order valence-corrected chi connectivity index (χ3v) is 3.76. The highest BCUT2D eigenvalue weighted by molar-refractivity contribution is 6.67. The van der Waals surface area contributed by atoms with Gasteiger partial charge in [-0.2, -0.15) is 0 Å². The van der Waals surface area contributed by atoms with Gasteiger partial charge in [-0.1, -0.05) is 25.5 Å². The van der Waals surface area contributed by atoms with Crippen LogP contribution in [0.1, 0.15) is 12.8 Å². The van der Waals surface area contributed by atoms with Crippen LogP contribution >= 0.6 is 0 Å². The van der Waals surface area contributed by atoms with E-state index in [2.05, 4.69) is 16.2 Å². The van der Waals surface area contributed by atoms with Crippen molar-refractivity contribution < 1.29 is 0 Å². The van der Waals surface area contributed by atoms with Gasteiger partial charge in [-0.05, 0) is 5.92 Å². The molecular formula is C11H20BN3. The van der Waals surface area contributed by atoms with E-state index in [4.69, 9.17) is 5.26 Å². The molecule has 1 N–H and O–H groups in total. The molecule has 0 radical (unpaired) electrons. The molecule has 2 aliphatic heterocycles. The van der Waals surface area contributed by atoms with Crippen LogP contribution in [-0.2, 0) is 0 Å². The van der Waals surface area contributed by atoms with Crippen molar-refractivity contribution >= 4 is 6.71 Å². The van der Waals surface area contributed by atoms with Crippen LogP contribution in [0.5, 0.6) is 0 Å². The van der Waals surface area contributed by atoms with Crippen LogP contribution in [-0.4, -0.2) is 44.3 Å². The molecule has 0 unspecified atom stereocenters. The smallest absolute Gasteiger partial charge is 0.267 e. The summed E-state index contributed by atoms with van der Waals surface area (Å²) in [6.07, 6.45) is 4.80. The zero-order valence-corrected chi connectivity index (χ0v) is 9.41. The first-order valence-electron chi connectivity index (χ1n) is 6.21. The van der Waals surface area contributed by atoms with E-state index in [1.54, 1.807) is 0 Å².